The average Bonchev–Trinajstić information content (AvgIpc) is 2.70. The normalized spacial score (nSPS) is 13.2. The maximum Gasteiger partial charge on any atom is 0.259 e. The van der Waals surface area contributed by atoms with E-state index in [1.54, 1.807) is 15.9 Å². The van der Waals surface area contributed by atoms with Crippen LogP contribution in [0, 0.1) is 5.92 Å². The minimum absolute atomic E-state index is 0.0917. The molecule has 4 heteroatoms. The van der Waals surface area contributed by atoms with Gasteiger partial charge in [0.25, 0.3) is 5.56 Å². The molecule has 0 saturated heterocycles. The Balaban J connectivity index is 2.44. The van der Waals surface area contributed by atoms with Crippen LogP contribution in [0.4, 0.5) is 0 Å². The largest absolute Gasteiger partial charge is 0.330 e. The van der Waals surface area contributed by atoms with Crippen LogP contribution in [-0.4, -0.2) is 11.1 Å². The van der Waals surface area contributed by atoms with Crippen molar-refractivity contribution in [2.24, 2.45) is 11.7 Å². The molecule has 0 amide bonds. The van der Waals surface area contributed by atoms with Gasteiger partial charge in [-0.2, -0.15) is 0 Å². The van der Waals surface area contributed by atoms with Gasteiger partial charge in [0.15, 0.2) is 0 Å². The van der Waals surface area contributed by atoms with Crippen molar-refractivity contribution >= 4 is 21.4 Å². The monoisotopic (exact) mass is 222 g/mol. The summed E-state index contributed by atoms with van der Waals surface area (Å²) in [5, 5.41) is 2.76. The first-order valence-electron chi connectivity index (χ1n) is 4.99. The minimum Gasteiger partial charge on any atom is -0.330 e. The van der Waals surface area contributed by atoms with E-state index in [1.807, 2.05) is 30.6 Å². The highest BCUT2D eigenvalue weighted by atomic mass is 32.1. The predicted molar refractivity (Wildman–Crippen MR) is 64.3 cm³/mol. The van der Waals surface area contributed by atoms with Gasteiger partial charge in [-0.1, -0.05) is 6.92 Å². The number of hydrogen-bond donors (Lipinski definition) is 1. The average molecular weight is 222 g/mol. The molecule has 0 radical (unpaired) electrons. The van der Waals surface area contributed by atoms with E-state index in [-0.39, 0.29) is 5.56 Å². The van der Waals surface area contributed by atoms with Gasteiger partial charge in [0.2, 0.25) is 0 Å². The van der Waals surface area contributed by atoms with Crippen LogP contribution in [-0.2, 0) is 6.54 Å². The van der Waals surface area contributed by atoms with E-state index in [0.717, 1.165) is 10.1 Å². The summed E-state index contributed by atoms with van der Waals surface area (Å²) in [7, 11) is 0. The number of aromatic nitrogens is 1. The summed E-state index contributed by atoms with van der Waals surface area (Å²) in [4.78, 5) is 12.0. The van der Waals surface area contributed by atoms with Gasteiger partial charge in [0.1, 0.15) is 0 Å². The van der Waals surface area contributed by atoms with Gasteiger partial charge in [-0.25, -0.2) is 0 Å². The molecule has 0 aliphatic heterocycles. The van der Waals surface area contributed by atoms with Gasteiger partial charge in [-0.05, 0) is 30.0 Å². The van der Waals surface area contributed by atoms with Crippen molar-refractivity contribution in [3.05, 3.63) is 34.1 Å². The molecular formula is C11H14N2OS. The van der Waals surface area contributed by atoms with Crippen LogP contribution in [0.1, 0.15) is 6.92 Å². The molecule has 1 unspecified atom stereocenters. The Hall–Kier alpha value is -1.13. The molecule has 2 rings (SSSR count). The molecule has 2 aromatic heterocycles. The smallest absolute Gasteiger partial charge is 0.259 e. The molecule has 0 bridgehead atoms. The molecule has 15 heavy (non-hydrogen) atoms. The summed E-state index contributed by atoms with van der Waals surface area (Å²) in [5.74, 6) is 0.332. The third-order valence-electron chi connectivity index (χ3n) is 2.50. The van der Waals surface area contributed by atoms with Crippen molar-refractivity contribution in [2.45, 2.75) is 13.5 Å². The van der Waals surface area contributed by atoms with Crippen molar-refractivity contribution < 1.29 is 0 Å². The lowest BCUT2D eigenvalue weighted by Crippen LogP contribution is -2.25. The van der Waals surface area contributed by atoms with E-state index in [4.69, 9.17) is 5.73 Å². The third kappa shape index (κ3) is 1.96. The highest BCUT2D eigenvalue weighted by Crippen LogP contribution is 2.16. The topological polar surface area (TPSA) is 48.0 Å². The fourth-order valence-electron chi connectivity index (χ4n) is 1.56. The van der Waals surface area contributed by atoms with Crippen LogP contribution >= 0.6 is 11.3 Å². The molecule has 2 heterocycles. The Bertz CT molecular complexity index is 515. The molecule has 0 aliphatic rings. The number of nitrogens with zero attached hydrogens (tertiary/aromatic N) is 1. The van der Waals surface area contributed by atoms with E-state index in [2.05, 4.69) is 0 Å². The van der Waals surface area contributed by atoms with Gasteiger partial charge in [0.05, 0.1) is 5.39 Å². The van der Waals surface area contributed by atoms with Gasteiger partial charge in [-0.3, -0.25) is 4.79 Å². The second kappa shape index (κ2) is 4.16. The maximum absolute atomic E-state index is 12.0. The number of rotatable bonds is 3. The summed E-state index contributed by atoms with van der Waals surface area (Å²) in [6.07, 6.45) is 1.85. The molecule has 2 aromatic rings. The van der Waals surface area contributed by atoms with E-state index in [9.17, 15) is 4.79 Å². The summed E-state index contributed by atoms with van der Waals surface area (Å²) >= 11 is 1.60. The van der Waals surface area contributed by atoms with E-state index in [0.29, 0.717) is 19.0 Å². The summed E-state index contributed by atoms with van der Waals surface area (Å²) < 4.78 is 2.80. The standard InChI is InChI=1S/C11H14N2OS/c1-8(6-12)7-13-4-2-10-9(11(13)14)3-5-15-10/h2-5,8H,6-7,12H2,1H3. The molecule has 0 aliphatic carbocycles. The molecule has 3 nitrogen and oxygen atoms in total. The number of nitrogens with two attached hydrogens (primary N) is 1. The summed E-state index contributed by atoms with van der Waals surface area (Å²) in [6, 6.07) is 3.87. The molecular weight excluding hydrogens is 208 g/mol. The van der Waals surface area contributed by atoms with Crippen LogP contribution in [0.5, 0.6) is 0 Å². The fourth-order valence-corrected chi connectivity index (χ4v) is 2.33. The second-order valence-corrected chi connectivity index (χ2v) is 4.76. The zero-order chi connectivity index (χ0) is 10.8. The number of thiophene rings is 1. The Labute approximate surface area is 92.1 Å². The SMILES string of the molecule is CC(CN)Cn1ccc2sccc2c1=O. The van der Waals surface area contributed by atoms with E-state index >= 15 is 0 Å². The van der Waals surface area contributed by atoms with Gasteiger partial charge >= 0.3 is 0 Å². The summed E-state index contributed by atoms with van der Waals surface area (Å²) in [6.45, 7) is 3.35. The second-order valence-electron chi connectivity index (χ2n) is 3.81. The Morgan fingerprint density at radius 3 is 3.07 bits per heavy atom. The molecule has 80 valence electrons. The first-order chi connectivity index (χ1) is 7.22. The molecule has 0 aromatic carbocycles. The first-order valence-corrected chi connectivity index (χ1v) is 5.87. The number of hydrogen-bond acceptors (Lipinski definition) is 3. The van der Waals surface area contributed by atoms with E-state index in [1.165, 1.54) is 0 Å². The lowest BCUT2D eigenvalue weighted by molar-refractivity contribution is 0.484. The Kier molecular flexibility index (Phi) is 2.88. The van der Waals surface area contributed by atoms with Crippen LogP contribution in [0.2, 0.25) is 0 Å². The zero-order valence-electron chi connectivity index (χ0n) is 8.64. The maximum atomic E-state index is 12.0. The van der Waals surface area contributed by atoms with Gasteiger partial charge in [0, 0.05) is 17.4 Å². The van der Waals surface area contributed by atoms with Crippen LogP contribution < -0.4 is 11.3 Å². The molecule has 0 spiro atoms. The minimum atomic E-state index is 0.0917. The van der Waals surface area contributed by atoms with E-state index < -0.39 is 0 Å². The molecule has 2 N–H and O–H groups in total. The number of pyridine rings is 1. The molecule has 0 saturated carbocycles. The van der Waals surface area contributed by atoms with Crippen molar-refractivity contribution in [2.75, 3.05) is 6.54 Å². The lowest BCUT2D eigenvalue weighted by atomic mass is 10.2. The third-order valence-corrected chi connectivity index (χ3v) is 3.39. The molecule has 0 fully saturated rings. The van der Waals surface area contributed by atoms with Crippen LogP contribution in [0.15, 0.2) is 28.5 Å². The highest BCUT2D eigenvalue weighted by Gasteiger charge is 2.06. The van der Waals surface area contributed by atoms with Gasteiger partial charge in [-0.15, -0.1) is 11.3 Å². The number of fused-ring (bicyclic) bond motifs is 1. The quantitative estimate of drug-likeness (QED) is 0.858. The van der Waals surface area contributed by atoms with Gasteiger partial charge < -0.3 is 10.3 Å². The highest BCUT2D eigenvalue weighted by molar-refractivity contribution is 7.17. The van der Waals surface area contributed by atoms with Crippen LogP contribution in [0.3, 0.4) is 0 Å². The first kappa shape index (κ1) is 10.4. The molecule has 1 atom stereocenters. The van der Waals surface area contributed by atoms with Crippen LogP contribution in [0.25, 0.3) is 10.1 Å². The summed E-state index contributed by atoms with van der Waals surface area (Å²) in [5.41, 5.74) is 5.64. The van der Waals surface area contributed by atoms with Crippen molar-refractivity contribution in [3.8, 4) is 0 Å². The van der Waals surface area contributed by atoms with Crippen molar-refractivity contribution in [1.29, 1.82) is 0 Å². The van der Waals surface area contributed by atoms with Crippen molar-refractivity contribution in [3.63, 3.8) is 0 Å². The Morgan fingerprint density at radius 1 is 1.53 bits per heavy atom. The Morgan fingerprint density at radius 2 is 2.33 bits per heavy atom. The fraction of sp³-hybridized carbons (Fsp3) is 0.364. The zero-order valence-corrected chi connectivity index (χ0v) is 9.46. The lowest BCUT2D eigenvalue weighted by Gasteiger charge is -2.10. The predicted octanol–water partition coefficient (Wildman–Crippen LogP) is 1.66. The van der Waals surface area contributed by atoms with Crippen molar-refractivity contribution in [1.82, 2.24) is 4.57 Å².